The van der Waals surface area contributed by atoms with Crippen molar-refractivity contribution in [3.8, 4) is 11.1 Å². The van der Waals surface area contributed by atoms with E-state index in [2.05, 4.69) is 15.2 Å². The lowest BCUT2D eigenvalue weighted by Gasteiger charge is -2.15. The molecule has 0 saturated carbocycles. The molecule has 0 aliphatic rings. The average Bonchev–Trinajstić information content (AvgIpc) is 3.07. The molecule has 0 aliphatic heterocycles. The van der Waals surface area contributed by atoms with E-state index in [4.69, 9.17) is 4.52 Å². The number of hydrogen-bond acceptors (Lipinski definition) is 5. The van der Waals surface area contributed by atoms with Gasteiger partial charge in [-0.15, -0.1) is 0 Å². The summed E-state index contributed by atoms with van der Waals surface area (Å²) in [7, 11) is -3.84. The quantitative estimate of drug-likeness (QED) is 0.599. The Morgan fingerprint density at radius 2 is 1.83 bits per heavy atom. The van der Waals surface area contributed by atoms with Crippen molar-refractivity contribution in [2.24, 2.45) is 0 Å². The number of hydrogen-bond donors (Lipinski definition) is 2. The van der Waals surface area contributed by atoms with E-state index in [0.717, 1.165) is 11.1 Å². The third-order valence-corrected chi connectivity index (χ3v) is 6.51. The molecule has 0 unspecified atom stereocenters. The number of nitrogens with zero attached hydrogens (tertiary/aromatic N) is 1. The van der Waals surface area contributed by atoms with E-state index in [1.54, 1.807) is 31.2 Å². The molecule has 3 rings (SSSR count). The predicted octanol–water partition coefficient (Wildman–Crippen LogP) is 4.59. The van der Waals surface area contributed by atoms with Gasteiger partial charge in [0, 0.05) is 6.92 Å². The summed E-state index contributed by atoms with van der Waals surface area (Å²) >= 11 is 0. The number of sulfonamides is 1. The van der Waals surface area contributed by atoms with Crippen molar-refractivity contribution >= 4 is 27.5 Å². The number of benzene rings is 2. The summed E-state index contributed by atoms with van der Waals surface area (Å²) in [4.78, 5) is 11.7. The van der Waals surface area contributed by atoms with Gasteiger partial charge in [0.05, 0.1) is 21.8 Å². The topological polar surface area (TPSA) is 101 Å². The molecule has 7 nitrogen and oxygen atoms in total. The Labute approximate surface area is 176 Å². The van der Waals surface area contributed by atoms with Crippen LogP contribution in [0.1, 0.15) is 36.2 Å². The van der Waals surface area contributed by atoms with Gasteiger partial charge in [-0.25, -0.2) is 8.42 Å². The SMILES string of the molecule is CCc1noc(NC(C)=O)c1-c1ccc(C)c(S(=O)(=O)Nc2cccc(C)c2C)c1. The zero-order chi connectivity index (χ0) is 22.1. The summed E-state index contributed by atoms with van der Waals surface area (Å²) in [5, 5.41) is 6.63. The second-order valence-corrected chi connectivity index (χ2v) is 8.85. The first-order valence-electron chi connectivity index (χ1n) is 9.60. The Kier molecular flexibility index (Phi) is 5.98. The summed E-state index contributed by atoms with van der Waals surface area (Å²) in [5.41, 5.74) is 4.83. The molecular formula is C22H25N3O4S. The first kappa shape index (κ1) is 21.6. The zero-order valence-electron chi connectivity index (χ0n) is 17.7. The molecule has 2 aromatic carbocycles. The summed E-state index contributed by atoms with van der Waals surface area (Å²) in [6, 6.07) is 10.6. The van der Waals surface area contributed by atoms with Crippen LogP contribution < -0.4 is 10.0 Å². The van der Waals surface area contributed by atoms with E-state index in [1.807, 2.05) is 32.9 Å². The largest absolute Gasteiger partial charge is 0.337 e. The molecule has 0 aliphatic carbocycles. The molecule has 8 heteroatoms. The molecule has 1 amide bonds. The number of carbonyl (C=O) groups is 1. The van der Waals surface area contributed by atoms with Crippen LogP contribution in [0.4, 0.5) is 11.6 Å². The van der Waals surface area contributed by atoms with Crippen molar-refractivity contribution in [3.63, 3.8) is 0 Å². The van der Waals surface area contributed by atoms with Crippen molar-refractivity contribution < 1.29 is 17.7 Å². The minimum atomic E-state index is -3.84. The van der Waals surface area contributed by atoms with E-state index in [-0.39, 0.29) is 16.7 Å². The third kappa shape index (κ3) is 4.23. The highest BCUT2D eigenvalue weighted by Crippen LogP contribution is 2.35. The van der Waals surface area contributed by atoms with E-state index in [9.17, 15) is 13.2 Å². The number of anilines is 2. The van der Waals surface area contributed by atoms with E-state index >= 15 is 0 Å². The van der Waals surface area contributed by atoms with Gasteiger partial charge in [0.2, 0.25) is 11.8 Å². The van der Waals surface area contributed by atoms with Gasteiger partial charge in [-0.3, -0.25) is 14.8 Å². The Morgan fingerprint density at radius 3 is 2.50 bits per heavy atom. The van der Waals surface area contributed by atoms with Crippen molar-refractivity contribution in [1.82, 2.24) is 5.16 Å². The van der Waals surface area contributed by atoms with Gasteiger partial charge in [-0.1, -0.05) is 36.3 Å². The van der Waals surface area contributed by atoms with Crippen molar-refractivity contribution in [3.05, 3.63) is 58.8 Å². The third-order valence-electron chi connectivity index (χ3n) is 5.00. The molecule has 0 atom stereocenters. The lowest BCUT2D eigenvalue weighted by Crippen LogP contribution is -2.15. The van der Waals surface area contributed by atoms with Crippen molar-refractivity contribution in [1.29, 1.82) is 0 Å². The Balaban J connectivity index is 2.09. The Bertz CT molecular complexity index is 1210. The maximum absolute atomic E-state index is 13.2. The van der Waals surface area contributed by atoms with Crippen molar-refractivity contribution in [2.75, 3.05) is 10.0 Å². The number of amides is 1. The first-order chi connectivity index (χ1) is 14.1. The van der Waals surface area contributed by atoms with Gasteiger partial charge >= 0.3 is 0 Å². The molecule has 0 radical (unpaired) electrons. The lowest BCUT2D eigenvalue weighted by molar-refractivity contribution is -0.114. The standard InChI is InChI=1S/C22H25N3O4S/c1-6-18-21(22(29-24-18)23-16(5)26)17-11-10-14(3)20(12-17)30(27,28)25-19-9-7-8-13(2)15(19)4/h7-12,25H,6H2,1-5H3,(H,23,26). The minimum Gasteiger partial charge on any atom is -0.337 e. The van der Waals surface area contributed by atoms with Gasteiger partial charge in [-0.2, -0.15) is 0 Å². The first-order valence-corrected chi connectivity index (χ1v) is 11.1. The van der Waals surface area contributed by atoms with Gasteiger partial charge in [0.1, 0.15) is 0 Å². The maximum atomic E-state index is 13.2. The van der Waals surface area contributed by atoms with Crippen LogP contribution >= 0.6 is 0 Å². The number of aromatic nitrogens is 1. The fourth-order valence-corrected chi connectivity index (χ4v) is 4.61. The summed E-state index contributed by atoms with van der Waals surface area (Å²) in [5.74, 6) is -0.0966. The van der Waals surface area contributed by atoms with Crippen LogP contribution in [0.25, 0.3) is 11.1 Å². The maximum Gasteiger partial charge on any atom is 0.262 e. The van der Waals surface area contributed by atoms with E-state index < -0.39 is 10.0 Å². The van der Waals surface area contributed by atoms with Crippen molar-refractivity contribution in [2.45, 2.75) is 45.9 Å². The highest BCUT2D eigenvalue weighted by atomic mass is 32.2. The molecule has 2 N–H and O–H groups in total. The van der Waals surface area contributed by atoms with Crippen LogP contribution in [-0.2, 0) is 21.2 Å². The monoisotopic (exact) mass is 427 g/mol. The van der Waals surface area contributed by atoms with Crippen LogP contribution in [0, 0.1) is 20.8 Å². The van der Waals surface area contributed by atoms with Crippen LogP contribution in [0.2, 0.25) is 0 Å². The fraction of sp³-hybridized carbons (Fsp3) is 0.273. The number of rotatable bonds is 6. The molecule has 158 valence electrons. The highest BCUT2D eigenvalue weighted by Gasteiger charge is 2.23. The molecule has 1 heterocycles. The summed E-state index contributed by atoms with van der Waals surface area (Å²) < 4.78 is 34.4. The molecule has 30 heavy (non-hydrogen) atoms. The van der Waals surface area contributed by atoms with Gasteiger partial charge in [0.15, 0.2) is 0 Å². The van der Waals surface area contributed by atoms with Crippen LogP contribution in [-0.4, -0.2) is 19.5 Å². The minimum absolute atomic E-state index is 0.151. The fourth-order valence-electron chi connectivity index (χ4n) is 3.21. The summed E-state index contributed by atoms with van der Waals surface area (Å²) in [6.45, 7) is 8.83. The number of nitrogens with one attached hydrogen (secondary N) is 2. The van der Waals surface area contributed by atoms with E-state index in [1.165, 1.54) is 6.92 Å². The molecular weight excluding hydrogens is 402 g/mol. The normalized spacial score (nSPS) is 11.4. The van der Waals surface area contributed by atoms with Crippen LogP contribution in [0.5, 0.6) is 0 Å². The molecule has 1 aromatic heterocycles. The lowest BCUT2D eigenvalue weighted by atomic mass is 10.0. The zero-order valence-corrected chi connectivity index (χ0v) is 18.5. The average molecular weight is 428 g/mol. The van der Waals surface area contributed by atoms with Gasteiger partial charge in [-0.05, 0) is 61.6 Å². The van der Waals surface area contributed by atoms with Crippen LogP contribution in [0.15, 0.2) is 45.8 Å². The Morgan fingerprint density at radius 1 is 1.10 bits per heavy atom. The number of carbonyl (C=O) groups excluding carboxylic acids is 1. The molecule has 0 saturated heterocycles. The second kappa shape index (κ2) is 8.31. The Hall–Kier alpha value is -3.13. The van der Waals surface area contributed by atoms with Crippen LogP contribution in [0.3, 0.4) is 0 Å². The highest BCUT2D eigenvalue weighted by molar-refractivity contribution is 7.92. The van der Waals surface area contributed by atoms with Gasteiger partial charge < -0.3 is 4.52 Å². The van der Waals surface area contributed by atoms with E-state index in [0.29, 0.717) is 34.5 Å². The molecule has 0 bridgehead atoms. The number of aryl methyl sites for hydroxylation is 3. The molecule has 0 fully saturated rings. The van der Waals surface area contributed by atoms with Gasteiger partial charge in [0.25, 0.3) is 10.0 Å². The smallest absolute Gasteiger partial charge is 0.262 e. The summed E-state index contributed by atoms with van der Waals surface area (Å²) in [6.07, 6.45) is 0.565. The molecule has 0 spiro atoms. The second-order valence-electron chi connectivity index (χ2n) is 7.20. The predicted molar refractivity (Wildman–Crippen MR) is 117 cm³/mol. The molecule has 3 aromatic rings.